The third kappa shape index (κ3) is 7.35. The topological polar surface area (TPSA) is 79.8 Å². The number of carbonyl (C=O) groups is 2. The summed E-state index contributed by atoms with van der Waals surface area (Å²) in [5.74, 6) is -0.719. The molecule has 0 saturated carbocycles. The van der Waals surface area contributed by atoms with Crippen molar-refractivity contribution >= 4 is 28.8 Å². The Labute approximate surface area is 252 Å². The molecule has 0 bridgehead atoms. The lowest BCUT2D eigenvalue weighted by molar-refractivity contribution is -0.130. The molecule has 5 aromatic rings. The molecule has 2 N–H and O–H groups in total. The van der Waals surface area contributed by atoms with Crippen molar-refractivity contribution in [1.29, 1.82) is 0 Å². The lowest BCUT2D eigenvalue weighted by Crippen LogP contribution is -2.50. The van der Waals surface area contributed by atoms with Crippen LogP contribution >= 0.6 is 0 Å². The molecule has 5 rings (SSSR count). The van der Waals surface area contributed by atoms with Gasteiger partial charge < -0.3 is 10.1 Å². The van der Waals surface area contributed by atoms with Gasteiger partial charge >= 0.3 is 0 Å². The highest BCUT2D eigenvalue weighted by Crippen LogP contribution is 2.28. The normalized spacial score (nSPS) is 12.0. The zero-order valence-corrected chi connectivity index (χ0v) is 24.3. The van der Waals surface area contributed by atoms with E-state index < -0.39 is 17.9 Å². The molecular weight excluding hydrogens is 534 g/mol. The first kappa shape index (κ1) is 29.3. The van der Waals surface area contributed by atoms with Crippen LogP contribution in [0.15, 0.2) is 132 Å². The first-order valence-electron chi connectivity index (χ1n) is 14.4. The second-order valence-electron chi connectivity index (χ2n) is 10.7. The average molecular weight is 570 g/mol. The molecule has 6 heteroatoms. The maximum absolute atomic E-state index is 13.7. The van der Waals surface area contributed by atoms with Crippen LogP contribution in [0.4, 0.5) is 0 Å². The van der Waals surface area contributed by atoms with Crippen LogP contribution in [0.5, 0.6) is 5.75 Å². The number of amides is 2. The summed E-state index contributed by atoms with van der Waals surface area (Å²) in [6.07, 6.45) is 1.61. The highest BCUT2D eigenvalue weighted by molar-refractivity contribution is 6.03. The van der Waals surface area contributed by atoms with Gasteiger partial charge in [0, 0.05) is 5.56 Å². The van der Waals surface area contributed by atoms with Gasteiger partial charge in [-0.25, -0.2) is 5.43 Å². The monoisotopic (exact) mass is 569 g/mol. The first-order valence-corrected chi connectivity index (χ1v) is 14.4. The molecule has 0 aliphatic heterocycles. The molecule has 1 atom stereocenters. The largest absolute Gasteiger partial charge is 0.488 e. The van der Waals surface area contributed by atoms with E-state index in [1.165, 1.54) is 0 Å². The third-order valence-electron chi connectivity index (χ3n) is 7.31. The molecule has 0 saturated heterocycles. The van der Waals surface area contributed by atoms with E-state index in [1.54, 1.807) is 6.21 Å². The van der Waals surface area contributed by atoms with Crippen LogP contribution in [0.3, 0.4) is 0 Å². The Morgan fingerprint density at radius 2 is 1.30 bits per heavy atom. The molecule has 0 aliphatic carbocycles. The molecule has 0 aromatic heterocycles. The van der Waals surface area contributed by atoms with Crippen molar-refractivity contribution in [3.05, 3.63) is 150 Å². The predicted octanol–water partition coefficient (Wildman–Crippen LogP) is 6.84. The Kier molecular flexibility index (Phi) is 9.60. The van der Waals surface area contributed by atoms with E-state index in [2.05, 4.69) is 15.8 Å². The zero-order valence-electron chi connectivity index (χ0n) is 24.3. The van der Waals surface area contributed by atoms with Crippen molar-refractivity contribution in [2.75, 3.05) is 0 Å². The summed E-state index contributed by atoms with van der Waals surface area (Å²) in [7, 11) is 0. The van der Waals surface area contributed by atoms with Gasteiger partial charge in [0.15, 0.2) is 0 Å². The maximum atomic E-state index is 13.7. The summed E-state index contributed by atoms with van der Waals surface area (Å²) < 4.78 is 6.18. The molecule has 0 heterocycles. The Morgan fingerprint density at radius 1 is 0.721 bits per heavy atom. The van der Waals surface area contributed by atoms with E-state index in [0.717, 1.165) is 33.0 Å². The van der Waals surface area contributed by atoms with Gasteiger partial charge in [-0.05, 0) is 39.4 Å². The highest BCUT2D eigenvalue weighted by Gasteiger charge is 2.29. The van der Waals surface area contributed by atoms with Crippen molar-refractivity contribution in [2.24, 2.45) is 11.0 Å². The van der Waals surface area contributed by atoms with Gasteiger partial charge in [-0.2, -0.15) is 5.10 Å². The fourth-order valence-corrected chi connectivity index (χ4v) is 5.06. The van der Waals surface area contributed by atoms with E-state index in [4.69, 9.17) is 4.74 Å². The van der Waals surface area contributed by atoms with E-state index in [9.17, 15) is 9.59 Å². The fraction of sp³-hybridized carbons (Fsp3) is 0.162. The number of ether oxygens (including phenoxy) is 1. The molecule has 0 fully saturated rings. The fourth-order valence-electron chi connectivity index (χ4n) is 5.06. The van der Waals surface area contributed by atoms with Crippen molar-refractivity contribution < 1.29 is 14.3 Å². The highest BCUT2D eigenvalue weighted by atomic mass is 16.5. The minimum absolute atomic E-state index is 0.173. The van der Waals surface area contributed by atoms with Gasteiger partial charge in [0.25, 0.3) is 5.91 Å². The minimum atomic E-state index is -0.791. The van der Waals surface area contributed by atoms with Crippen LogP contribution in [0.1, 0.15) is 42.0 Å². The van der Waals surface area contributed by atoms with Crippen LogP contribution in [0, 0.1) is 5.92 Å². The maximum Gasteiger partial charge on any atom is 0.262 e. The van der Waals surface area contributed by atoms with Gasteiger partial charge in [-0.15, -0.1) is 0 Å². The molecule has 0 radical (unpaired) electrons. The Balaban J connectivity index is 1.34. The van der Waals surface area contributed by atoms with Crippen molar-refractivity contribution in [3.8, 4) is 5.75 Å². The minimum Gasteiger partial charge on any atom is -0.488 e. The number of hydrogen-bond acceptors (Lipinski definition) is 4. The van der Waals surface area contributed by atoms with E-state index in [1.807, 2.05) is 141 Å². The quantitative estimate of drug-likeness (QED) is 0.135. The standard InChI is InChI=1S/C37H35N3O3/c1-26(2)35(39-36(41)34(29-17-8-4-9-18-29)30-19-10-5-11-20-30)37(42)40-38-24-32-31-21-13-12-16-28(31)22-23-33(32)43-25-27-14-6-3-7-15-27/h3-24,26,34-35H,25H2,1-2H3,(H,39,41)(H,40,42)/b38-24-/t35-/m1/s1. The summed E-state index contributed by atoms with van der Waals surface area (Å²) in [5.41, 5.74) is 6.17. The molecule has 2 amide bonds. The van der Waals surface area contributed by atoms with Gasteiger partial charge in [-0.1, -0.05) is 135 Å². The summed E-state index contributed by atoms with van der Waals surface area (Å²) in [6, 6.07) is 40.2. The zero-order chi connectivity index (χ0) is 30.0. The molecule has 43 heavy (non-hydrogen) atoms. The number of rotatable bonds is 11. The van der Waals surface area contributed by atoms with Crippen LogP contribution in [-0.2, 0) is 16.2 Å². The summed E-state index contributed by atoms with van der Waals surface area (Å²) in [4.78, 5) is 27.1. The van der Waals surface area contributed by atoms with E-state index >= 15 is 0 Å². The SMILES string of the molecule is CC(C)[C@@H](NC(=O)C(c1ccccc1)c1ccccc1)C(=O)N/N=C\c1c(OCc2ccccc2)ccc2ccccc12. The Morgan fingerprint density at radius 3 is 1.93 bits per heavy atom. The summed E-state index contributed by atoms with van der Waals surface area (Å²) in [6.45, 7) is 4.20. The summed E-state index contributed by atoms with van der Waals surface area (Å²) >= 11 is 0. The average Bonchev–Trinajstić information content (AvgIpc) is 3.04. The smallest absolute Gasteiger partial charge is 0.262 e. The van der Waals surface area contributed by atoms with Gasteiger partial charge in [0.2, 0.25) is 5.91 Å². The molecular formula is C37H35N3O3. The molecule has 0 aliphatic rings. The van der Waals surface area contributed by atoms with Crippen LogP contribution < -0.4 is 15.5 Å². The third-order valence-corrected chi connectivity index (χ3v) is 7.31. The first-order chi connectivity index (χ1) is 21.0. The van der Waals surface area contributed by atoms with E-state index in [-0.39, 0.29) is 11.8 Å². The second kappa shape index (κ2) is 14.1. The lowest BCUT2D eigenvalue weighted by Gasteiger charge is -2.24. The summed E-state index contributed by atoms with van der Waals surface area (Å²) in [5, 5.41) is 9.30. The van der Waals surface area contributed by atoms with Crippen molar-refractivity contribution in [2.45, 2.75) is 32.4 Å². The van der Waals surface area contributed by atoms with E-state index in [0.29, 0.717) is 12.4 Å². The molecule has 0 unspecified atom stereocenters. The van der Waals surface area contributed by atoms with Crippen molar-refractivity contribution in [3.63, 3.8) is 0 Å². The lowest BCUT2D eigenvalue weighted by atomic mass is 9.89. The van der Waals surface area contributed by atoms with Crippen molar-refractivity contribution in [1.82, 2.24) is 10.7 Å². The predicted molar refractivity (Wildman–Crippen MR) is 172 cm³/mol. The van der Waals surface area contributed by atoms with Gasteiger partial charge in [-0.3, -0.25) is 9.59 Å². The Bertz CT molecular complexity index is 1650. The Hall–Kier alpha value is -5.23. The molecule has 0 spiro atoms. The second-order valence-corrected chi connectivity index (χ2v) is 10.7. The van der Waals surface area contributed by atoms with Gasteiger partial charge in [0.05, 0.1) is 12.1 Å². The molecule has 6 nitrogen and oxygen atoms in total. The van der Waals surface area contributed by atoms with Crippen LogP contribution in [-0.4, -0.2) is 24.1 Å². The number of benzene rings is 5. The number of carbonyl (C=O) groups excluding carboxylic acids is 2. The molecule has 5 aromatic carbocycles. The number of nitrogens with zero attached hydrogens (tertiary/aromatic N) is 1. The van der Waals surface area contributed by atoms with Crippen LogP contribution in [0.2, 0.25) is 0 Å². The van der Waals surface area contributed by atoms with Gasteiger partial charge in [0.1, 0.15) is 18.4 Å². The number of hydrogen-bond donors (Lipinski definition) is 2. The molecule has 216 valence electrons. The number of nitrogens with one attached hydrogen (secondary N) is 2. The van der Waals surface area contributed by atoms with Crippen LogP contribution in [0.25, 0.3) is 10.8 Å². The number of fused-ring (bicyclic) bond motifs is 1. The number of hydrazone groups is 1.